The van der Waals surface area contributed by atoms with Crippen molar-refractivity contribution < 1.29 is 4.21 Å². The third-order valence-corrected chi connectivity index (χ3v) is 5.50. The Morgan fingerprint density at radius 2 is 1.93 bits per heavy atom. The molecule has 0 spiro atoms. The Balaban J connectivity index is 2.42. The van der Waals surface area contributed by atoms with E-state index in [4.69, 9.17) is 0 Å². The smallest absolute Gasteiger partial charge is 0.0473 e. The molecule has 0 bridgehead atoms. The fourth-order valence-corrected chi connectivity index (χ4v) is 4.02. The molecule has 0 heterocycles. The maximum atomic E-state index is 12.1. The summed E-state index contributed by atoms with van der Waals surface area (Å²) in [6.45, 7) is 7.32. The zero-order chi connectivity index (χ0) is 10.6. The van der Waals surface area contributed by atoms with Gasteiger partial charge in [-0.05, 0) is 33.2 Å². The van der Waals surface area contributed by atoms with Gasteiger partial charge < -0.3 is 5.32 Å². The lowest BCUT2D eigenvalue weighted by Crippen LogP contribution is -2.40. The molecule has 0 radical (unpaired) electrons. The molecule has 0 aromatic carbocycles. The second-order valence-electron chi connectivity index (χ2n) is 4.29. The fourth-order valence-electron chi connectivity index (χ4n) is 2.11. The summed E-state index contributed by atoms with van der Waals surface area (Å²) in [6, 6.07) is 0.376. The molecule has 1 saturated carbocycles. The zero-order valence-electron chi connectivity index (χ0n) is 9.58. The van der Waals surface area contributed by atoms with Crippen LogP contribution in [0.15, 0.2) is 0 Å². The molecule has 0 saturated heterocycles. The first-order chi connectivity index (χ1) is 6.66. The van der Waals surface area contributed by atoms with Gasteiger partial charge in [-0.15, -0.1) is 0 Å². The van der Waals surface area contributed by atoms with E-state index in [2.05, 4.69) is 26.1 Å². The predicted octanol–water partition coefficient (Wildman–Crippen LogP) is 2.06. The summed E-state index contributed by atoms with van der Waals surface area (Å²) in [4.78, 5) is 0. The molecule has 1 aliphatic carbocycles. The van der Waals surface area contributed by atoms with Crippen molar-refractivity contribution in [2.24, 2.45) is 0 Å². The van der Waals surface area contributed by atoms with Crippen LogP contribution in [0.4, 0.5) is 0 Å². The van der Waals surface area contributed by atoms with E-state index in [-0.39, 0.29) is 5.25 Å². The molecule has 2 nitrogen and oxygen atoms in total. The molecule has 0 aromatic heterocycles. The van der Waals surface area contributed by atoms with Crippen LogP contribution in [0.1, 0.15) is 46.5 Å². The molecule has 0 aromatic rings. The SMILES string of the molecule is CCNC(C)C(C)S(=O)C1CCCC1. The number of nitrogens with one attached hydrogen (secondary N) is 1. The molecule has 3 heteroatoms. The summed E-state index contributed by atoms with van der Waals surface area (Å²) in [5, 5.41) is 4.12. The van der Waals surface area contributed by atoms with Gasteiger partial charge in [0.05, 0.1) is 0 Å². The third-order valence-electron chi connectivity index (χ3n) is 3.23. The Kier molecular flexibility index (Phi) is 5.10. The van der Waals surface area contributed by atoms with Gasteiger partial charge in [0.2, 0.25) is 0 Å². The summed E-state index contributed by atoms with van der Waals surface area (Å²) in [5.41, 5.74) is 0. The van der Waals surface area contributed by atoms with Gasteiger partial charge in [0, 0.05) is 27.3 Å². The van der Waals surface area contributed by atoms with Gasteiger partial charge in [0.15, 0.2) is 0 Å². The molecule has 0 aliphatic heterocycles. The maximum absolute atomic E-state index is 12.1. The standard InChI is InChI=1S/C11H23NOS/c1-4-12-9(2)10(3)14(13)11-7-5-6-8-11/h9-12H,4-8H2,1-3H3. The first-order valence-corrected chi connectivity index (χ1v) is 7.07. The predicted molar refractivity (Wildman–Crippen MR) is 63.0 cm³/mol. The van der Waals surface area contributed by atoms with Gasteiger partial charge in [0.1, 0.15) is 0 Å². The number of hydrogen-bond acceptors (Lipinski definition) is 2. The van der Waals surface area contributed by atoms with E-state index in [9.17, 15) is 4.21 Å². The van der Waals surface area contributed by atoms with Gasteiger partial charge in [-0.1, -0.05) is 19.8 Å². The Morgan fingerprint density at radius 3 is 2.43 bits per heavy atom. The molecule has 1 N–H and O–H groups in total. The van der Waals surface area contributed by atoms with Crippen LogP contribution in [0.2, 0.25) is 0 Å². The van der Waals surface area contributed by atoms with Crippen LogP contribution in [0.25, 0.3) is 0 Å². The summed E-state index contributed by atoms with van der Waals surface area (Å²) < 4.78 is 12.1. The summed E-state index contributed by atoms with van der Waals surface area (Å²) in [6.07, 6.45) is 4.91. The number of hydrogen-bond donors (Lipinski definition) is 1. The lowest BCUT2D eigenvalue weighted by atomic mass is 10.2. The van der Waals surface area contributed by atoms with E-state index >= 15 is 0 Å². The Morgan fingerprint density at radius 1 is 1.36 bits per heavy atom. The van der Waals surface area contributed by atoms with Gasteiger partial charge in [-0.25, -0.2) is 0 Å². The second-order valence-corrected chi connectivity index (χ2v) is 6.35. The molecule has 1 rings (SSSR count). The van der Waals surface area contributed by atoms with Crippen LogP contribution in [0.5, 0.6) is 0 Å². The largest absolute Gasteiger partial charge is 0.313 e. The van der Waals surface area contributed by atoms with E-state index < -0.39 is 10.8 Å². The van der Waals surface area contributed by atoms with Crippen molar-refractivity contribution in [3.63, 3.8) is 0 Å². The maximum Gasteiger partial charge on any atom is 0.0473 e. The van der Waals surface area contributed by atoms with Crippen molar-refractivity contribution in [1.29, 1.82) is 0 Å². The van der Waals surface area contributed by atoms with Crippen molar-refractivity contribution in [1.82, 2.24) is 5.32 Å². The normalized spacial score (nSPS) is 24.8. The lowest BCUT2D eigenvalue weighted by Gasteiger charge is -2.23. The van der Waals surface area contributed by atoms with Crippen LogP contribution in [0, 0.1) is 0 Å². The third kappa shape index (κ3) is 3.06. The second kappa shape index (κ2) is 5.86. The van der Waals surface area contributed by atoms with Crippen molar-refractivity contribution in [2.45, 2.75) is 63.0 Å². The van der Waals surface area contributed by atoms with Gasteiger partial charge >= 0.3 is 0 Å². The lowest BCUT2D eigenvalue weighted by molar-refractivity contribution is 0.546. The van der Waals surface area contributed by atoms with Crippen molar-refractivity contribution in [3.8, 4) is 0 Å². The van der Waals surface area contributed by atoms with Crippen LogP contribution in [-0.4, -0.2) is 27.3 Å². The minimum absolute atomic E-state index is 0.290. The molecule has 3 atom stereocenters. The van der Waals surface area contributed by atoms with E-state index in [1.807, 2.05) is 0 Å². The highest BCUT2D eigenvalue weighted by molar-refractivity contribution is 7.86. The average Bonchev–Trinajstić information content (AvgIpc) is 2.68. The number of rotatable bonds is 5. The van der Waals surface area contributed by atoms with Crippen molar-refractivity contribution in [3.05, 3.63) is 0 Å². The highest BCUT2D eigenvalue weighted by Crippen LogP contribution is 2.25. The topological polar surface area (TPSA) is 29.1 Å². The summed E-state index contributed by atoms with van der Waals surface area (Å²) in [5.74, 6) is 0. The molecule has 3 unspecified atom stereocenters. The summed E-state index contributed by atoms with van der Waals surface area (Å²) >= 11 is 0. The van der Waals surface area contributed by atoms with Crippen LogP contribution in [-0.2, 0) is 10.8 Å². The first kappa shape index (κ1) is 12.2. The molecular formula is C11H23NOS. The quantitative estimate of drug-likeness (QED) is 0.764. The molecule has 0 amide bonds. The molecular weight excluding hydrogens is 194 g/mol. The van der Waals surface area contributed by atoms with E-state index in [1.165, 1.54) is 25.7 Å². The van der Waals surface area contributed by atoms with Crippen LogP contribution >= 0.6 is 0 Å². The Hall–Kier alpha value is 0.110. The van der Waals surface area contributed by atoms with Crippen molar-refractivity contribution in [2.75, 3.05) is 6.54 Å². The van der Waals surface area contributed by atoms with Gasteiger partial charge in [-0.2, -0.15) is 0 Å². The zero-order valence-corrected chi connectivity index (χ0v) is 10.4. The fraction of sp³-hybridized carbons (Fsp3) is 1.00. The monoisotopic (exact) mass is 217 g/mol. The molecule has 1 aliphatic rings. The van der Waals surface area contributed by atoms with E-state index in [0.29, 0.717) is 11.3 Å². The highest BCUT2D eigenvalue weighted by Gasteiger charge is 2.27. The molecule has 14 heavy (non-hydrogen) atoms. The average molecular weight is 217 g/mol. The van der Waals surface area contributed by atoms with Crippen LogP contribution in [0.3, 0.4) is 0 Å². The van der Waals surface area contributed by atoms with E-state index in [1.54, 1.807) is 0 Å². The Labute approximate surface area is 90.3 Å². The summed E-state index contributed by atoms with van der Waals surface area (Å²) in [7, 11) is -0.634. The van der Waals surface area contributed by atoms with E-state index in [0.717, 1.165) is 6.54 Å². The minimum Gasteiger partial charge on any atom is -0.313 e. The van der Waals surface area contributed by atoms with Gasteiger partial charge in [0.25, 0.3) is 0 Å². The molecule has 1 fully saturated rings. The first-order valence-electron chi connectivity index (χ1n) is 5.79. The molecule has 84 valence electrons. The Bertz CT molecular complexity index is 190. The van der Waals surface area contributed by atoms with Crippen LogP contribution < -0.4 is 5.32 Å². The minimum atomic E-state index is -0.634. The van der Waals surface area contributed by atoms with Gasteiger partial charge in [-0.3, -0.25) is 4.21 Å². The highest BCUT2D eigenvalue weighted by atomic mass is 32.2. The van der Waals surface area contributed by atoms with Crippen molar-refractivity contribution >= 4 is 10.8 Å².